The van der Waals surface area contributed by atoms with Crippen LogP contribution in [0.25, 0.3) is 0 Å². The number of benzene rings is 3. The number of aliphatic hydroxyl groups excluding tert-OH is 1. The molecule has 3 aromatic carbocycles. The molecule has 1 amide bonds. The topological polar surface area (TPSA) is 77.5 Å². The number of methoxy groups -OCH3 is 1. The molecule has 0 radical (unpaired) electrons. The Bertz CT molecular complexity index is 1130. The van der Waals surface area contributed by atoms with Crippen molar-refractivity contribution < 1.29 is 28.8 Å². The van der Waals surface area contributed by atoms with Crippen LogP contribution in [-0.2, 0) is 16.1 Å². The summed E-state index contributed by atoms with van der Waals surface area (Å²) in [4.78, 5) is 15.1. The largest absolute Gasteiger partial charge is 0.496 e. The van der Waals surface area contributed by atoms with E-state index in [0.717, 1.165) is 11.3 Å². The van der Waals surface area contributed by atoms with E-state index in [2.05, 4.69) is 0 Å². The van der Waals surface area contributed by atoms with Crippen LogP contribution >= 0.6 is 0 Å². The van der Waals surface area contributed by atoms with Gasteiger partial charge in [0.1, 0.15) is 28.6 Å². The molecule has 1 aliphatic heterocycles. The monoisotopic (exact) mass is 477 g/mol. The molecular weight excluding hydrogens is 446 g/mol. The highest BCUT2D eigenvalue weighted by molar-refractivity contribution is 5.86. The van der Waals surface area contributed by atoms with Crippen molar-refractivity contribution in [2.24, 2.45) is 0 Å². The van der Waals surface area contributed by atoms with Gasteiger partial charge in [0, 0.05) is 19.6 Å². The summed E-state index contributed by atoms with van der Waals surface area (Å²) < 4.78 is 23.7. The highest BCUT2D eigenvalue weighted by Crippen LogP contribution is 2.45. The zero-order valence-electron chi connectivity index (χ0n) is 20.3. The molecule has 184 valence electrons. The van der Waals surface area contributed by atoms with Crippen molar-refractivity contribution in [1.29, 1.82) is 0 Å². The van der Waals surface area contributed by atoms with E-state index in [1.165, 1.54) is 0 Å². The van der Waals surface area contributed by atoms with Gasteiger partial charge in [-0.15, -0.1) is 0 Å². The lowest BCUT2D eigenvalue weighted by molar-refractivity contribution is -0.134. The van der Waals surface area contributed by atoms with Crippen LogP contribution < -0.4 is 14.2 Å². The van der Waals surface area contributed by atoms with Crippen LogP contribution in [-0.4, -0.2) is 41.8 Å². The maximum atomic E-state index is 13.4. The molecule has 35 heavy (non-hydrogen) atoms. The Morgan fingerprint density at radius 3 is 2.31 bits per heavy atom. The fraction of sp³-hybridized carbons (Fsp3) is 0.321. The number of amides is 1. The lowest BCUT2D eigenvalue weighted by Crippen LogP contribution is -2.35. The fourth-order valence-corrected chi connectivity index (χ4v) is 4.02. The maximum Gasteiger partial charge on any atom is 0.256 e. The highest BCUT2D eigenvalue weighted by atomic mass is 16.6. The Morgan fingerprint density at radius 1 is 0.943 bits per heavy atom. The van der Waals surface area contributed by atoms with Crippen molar-refractivity contribution in [2.75, 3.05) is 20.3 Å². The van der Waals surface area contributed by atoms with Crippen LogP contribution in [0.5, 0.6) is 23.0 Å². The fourth-order valence-electron chi connectivity index (χ4n) is 4.02. The molecule has 1 atom stereocenters. The molecule has 0 bridgehead atoms. The molecule has 0 saturated carbocycles. The first-order valence-corrected chi connectivity index (χ1v) is 11.6. The van der Waals surface area contributed by atoms with Crippen molar-refractivity contribution in [3.05, 3.63) is 83.9 Å². The van der Waals surface area contributed by atoms with Crippen LogP contribution in [0.2, 0.25) is 0 Å². The molecule has 0 aromatic heterocycles. The predicted octanol–water partition coefficient (Wildman–Crippen LogP) is 5.08. The van der Waals surface area contributed by atoms with Crippen molar-refractivity contribution in [1.82, 2.24) is 4.90 Å². The molecule has 1 saturated heterocycles. The number of hydrogen-bond donors (Lipinski definition) is 1. The van der Waals surface area contributed by atoms with Crippen LogP contribution in [0.3, 0.4) is 0 Å². The summed E-state index contributed by atoms with van der Waals surface area (Å²) in [7, 11) is 1.58. The number of rotatable bonds is 10. The summed E-state index contributed by atoms with van der Waals surface area (Å²) in [5.41, 5.74) is 0.572. The summed E-state index contributed by atoms with van der Waals surface area (Å²) in [5, 5.41) is 9.15. The average molecular weight is 478 g/mol. The smallest absolute Gasteiger partial charge is 0.256 e. The first-order valence-electron chi connectivity index (χ1n) is 11.6. The van der Waals surface area contributed by atoms with E-state index in [0.29, 0.717) is 42.4 Å². The normalized spacial score (nSPS) is 16.9. The van der Waals surface area contributed by atoms with E-state index < -0.39 is 11.8 Å². The van der Waals surface area contributed by atoms with Crippen LogP contribution in [0, 0.1) is 0 Å². The minimum atomic E-state index is -1.01. The van der Waals surface area contributed by atoms with Gasteiger partial charge in [-0.25, -0.2) is 0 Å². The average Bonchev–Trinajstić information content (AvgIpc) is 3.09. The van der Waals surface area contributed by atoms with E-state index in [4.69, 9.17) is 24.1 Å². The number of carbonyl (C=O) groups is 1. The van der Waals surface area contributed by atoms with Crippen molar-refractivity contribution in [2.45, 2.75) is 38.6 Å². The van der Waals surface area contributed by atoms with E-state index in [-0.39, 0.29) is 12.5 Å². The Kier molecular flexibility index (Phi) is 7.58. The van der Waals surface area contributed by atoms with Crippen LogP contribution in [0.15, 0.2) is 72.8 Å². The van der Waals surface area contributed by atoms with Gasteiger partial charge in [0.15, 0.2) is 6.23 Å². The predicted molar refractivity (Wildman–Crippen MR) is 132 cm³/mol. The molecule has 0 spiro atoms. The first kappa shape index (κ1) is 24.6. The molecule has 0 aliphatic carbocycles. The van der Waals surface area contributed by atoms with E-state index in [9.17, 15) is 4.79 Å². The van der Waals surface area contributed by atoms with Gasteiger partial charge < -0.3 is 29.0 Å². The van der Waals surface area contributed by atoms with E-state index in [1.807, 2.05) is 72.8 Å². The van der Waals surface area contributed by atoms with Gasteiger partial charge in [-0.2, -0.15) is 0 Å². The van der Waals surface area contributed by atoms with E-state index in [1.54, 1.807) is 25.9 Å². The van der Waals surface area contributed by atoms with Gasteiger partial charge in [0.05, 0.1) is 19.3 Å². The Labute approximate surface area is 205 Å². The number of hydrogen-bond acceptors (Lipinski definition) is 6. The summed E-state index contributed by atoms with van der Waals surface area (Å²) in [6, 6.07) is 22.7. The molecular formula is C28H31NO6. The maximum absolute atomic E-state index is 13.4. The van der Waals surface area contributed by atoms with Crippen molar-refractivity contribution >= 4 is 5.91 Å². The third-order valence-electron chi connectivity index (χ3n) is 5.77. The number of carbonyl (C=O) groups excluding carboxylic acids is 1. The third kappa shape index (κ3) is 5.58. The third-order valence-corrected chi connectivity index (χ3v) is 5.77. The Hall–Kier alpha value is -3.55. The molecule has 4 rings (SSSR count). The minimum Gasteiger partial charge on any atom is -0.496 e. The molecule has 1 unspecified atom stereocenters. The lowest BCUT2D eigenvalue weighted by atomic mass is 10.1. The second-order valence-electron chi connectivity index (χ2n) is 8.77. The lowest BCUT2D eigenvalue weighted by Gasteiger charge is -2.26. The molecule has 1 N–H and O–H groups in total. The van der Waals surface area contributed by atoms with E-state index >= 15 is 0 Å². The Balaban J connectivity index is 1.60. The quantitative estimate of drug-likeness (QED) is 0.410. The standard InChI is InChI=1S/C28H31NO6/c1-28(2)27(31)29(19-20-13-15-22(16-14-20)34-21-9-5-4-6-10-21)26(35-28)25-23(32-3)11-7-12-24(25)33-18-8-17-30/h4-7,9-16,26,30H,8,17-19H2,1-3H3. The zero-order valence-corrected chi connectivity index (χ0v) is 20.3. The number of para-hydroxylation sites is 1. The number of nitrogens with zero attached hydrogens (tertiary/aromatic N) is 1. The number of aliphatic hydroxyl groups is 1. The molecule has 7 heteroatoms. The first-order chi connectivity index (χ1) is 16.9. The minimum absolute atomic E-state index is 0.0286. The second kappa shape index (κ2) is 10.8. The van der Waals surface area contributed by atoms with Gasteiger partial charge >= 0.3 is 0 Å². The summed E-state index contributed by atoms with van der Waals surface area (Å²) in [5.74, 6) is 2.48. The molecule has 7 nitrogen and oxygen atoms in total. The molecule has 3 aromatic rings. The van der Waals surface area contributed by atoms with Crippen molar-refractivity contribution in [3.63, 3.8) is 0 Å². The van der Waals surface area contributed by atoms with Gasteiger partial charge in [-0.3, -0.25) is 4.79 Å². The van der Waals surface area contributed by atoms with Crippen molar-refractivity contribution in [3.8, 4) is 23.0 Å². The SMILES string of the molecule is COc1cccc(OCCCO)c1C1OC(C)(C)C(=O)N1Cc1ccc(Oc2ccccc2)cc1. The number of ether oxygens (including phenoxy) is 4. The summed E-state index contributed by atoms with van der Waals surface area (Å²) >= 11 is 0. The molecule has 1 heterocycles. The Morgan fingerprint density at radius 2 is 1.63 bits per heavy atom. The van der Waals surface area contributed by atoms with Crippen LogP contribution in [0.4, 0.5) is 0 Å². The van der Waals surface area contributed by atoms with Gasteiger partial charge in [0.25, 0.3) is 5.91 Å². The second-order valence-corrected chi connectivity index (χ2v) is 8.77. The van der Waals surface area contributed by atoms with Gasteiger partial charge in [0.2, 0.25) is 0 Å². The molecule has 1 fully saturated rings. The summed E-state index contributed by atoms with van der Waals surface area (Å²) in [6.45, 7) is 4.23. The van der Waals surface area contributed by atoms with Gasteiger partial charge in [-0.1, -0.05) is 36.4 Å². The van der Waals surface area contributed by atoms with Gasteiger partial charge in [-0.05, 0) is 55.8 Å². The summed E-state index contributed by atoms with van der Waals surface area (Å²) in [6.07, 6.45) is -0.203. The zero-order chi connectivity index (χ0) is 24.8. The van der Waals surface area contributed by atoms with Crippen LogP contribution in [0.1, 0.15) is 37.6 Å². The highest BCUT2D eigenvalue weighted by Gasteiger charge is 2.48. The molecule has 1 aliphatic rings.